The topological polar surface area (TPSA) is 64.6 Å². The molecule has 2 atom stereocenters. The summed E-state index contributed by atoms with van der Waals surface area (Å²) < 4.78 is 38.6. The maximum atomic E-state index is 12.7. The van der Waals surface area contributed by atoms with Gasteiger partial charge >= 0.3 is 0 Å². The minimum Gasteiger partial charge on any atom is -0.493 e. The highest BCUT2D eigenvalue weighted by molar-refractivity contribution is 7.89. The van der Waals surface area contributed by atoms with Crippen LogP contribution in [-0.4, -0.2) is 22.6 Å². The van der Waals surface area contributed by atoms with Crippen LogP contribution in [0.3, 0.4) is 0 Å². The van der Waals surface area contributed by atoms with Crippen LogP contribution in [0.2, 0.25) is 0 Å². The molecule has 0 heterocycles. The Morgan fingerprint density at radius 2 is 1.50 bits per heavy atom. The van der Waals surface area contributed by atoms with Gasteiger partial charge in [-0.1, -0.05) is 32.0 Å². The number of methoxy groups -OCH3 is 2. The molecule has 0 saturated carbocycles. The molecule has 5 nitrogen and oxygen atoms in total. The van der Waals surface area contributed by atoms with Crippen molar-refractivity contribution in [2.24, 2.45) is 0 Å². The molecule has 6 heteroatoms. The van der Waals surface area contributed by atoms with Crippen LogP contribution >= 0.6 is 0 Å². The Morgan fingerprint density at radius 3 is 2.04 bits per heavy atom. The highest BCUT2D eigenvalue weighted by Crippen LogP contribution is 2.30. The highest BCUT2D eigenvalue weighted by Gasteiger charge is 2.19. The summed E-state index contributed by atoms with van der Waals surface area (Å²) in [5.74, 6) is 1.58. The van der Waals surface area contributed by atoms with Crippen molar-refractivity contribution < 1.29 is 17.9 Å². The van der Waals surface area contributed by atoms with E-state index in [1.54, 1.807) is 45.4 Å². The van der Waals surface area contributed by atoms with Crippen LogP contribution in [-0.2, 0) is 10.0 Å². The molecule has 2 rings (SSSR count). The van der Waals surface area contributed by atoms with Crippen molar-refractivity contribution in [1.29, 1.82) is 0 Å². The minimum atomic E-state index is -3.61. The second kappa shape index (κ2) is 8.56. The molecule has 0 amide bonds. The van der Waals surface area contributed by atoms with Gasteiger partial charge in [0.2, 0.25) is 10.0 Å². The molecular formula is C20H27NO4S. The average molecular weight is 378 g/mol. The first kappa shape index (κ1) is 20.3. The van der Waals surface area contributed by atoms with E-state index in [0.717, 1.165) is 17.5 Å². The molecule has 26 heavy (non-hydrogen) atoms. The first-order valence-electron chi connectivity index (χ1n) is 8.66. The van der Waals surface area contributed by atoms with Gasteiger partial charge in [0.15, 0.2) is 11.5 Å². The maximum Gasteiger partial charge on any atom is 0.241 e. The smallest absolute Gasteiger partial charge is 0.241 e. The fraction of sp³-hybridized carbons (Fsp3) is 0.400. The molecule has 0 fully saturated rings. The molecular weight excluding hydrogens is 350 g/mol. The van der Waals surface area contributed by atoms with E-state index in [9.17, 15) is 8.42 Å². The number of ether oxygens (including phenoxy) is 2. The summed E-state index contributed by atoms with van der Waals surface area (Å²) in [6, 6.07) is 12.0. The second-order valence-electron chi connectivity index (χ2n) is 6.34. The largest absolute Gasteiger partial charge is 0.493 e. The number of nitrogens with one attached hydrogen (secondary N) is 1. The molecule has 0 aromatic heterocycles. The third-order valence-electron chi connectivity index (χ3n) is 4.61. The zero-order chi connectivity index (χ0) is 19.3. The molecule has 142 valence electrons. The minimum absolute atomic E-state index is 0.261. The first-order chi connectivity index (χ1) is 12.3. The zero-order valence-corrected chi connectivity index (χ0v) is 16.8. The summed E-state index contributed by atoms with van der Waals surface area (Å²) >= 11 is 0. The summed E-state index contributed by atoms with van der Waals surface area (Å²) in [6.07, 6.45) is 1.01. The zero-order valence-electron chi connectivity index (χ0n) is 15.9. The lowest BCUT2D eigenvalue weighted by Crippen LogP contribution is -2.27. The molecule has 0 radical (unpaired) electrons. The lowest BCUT2D eigenvalue weighted by Gasteiger charge is -2.17. The molecule has 0 saturated heterocycles. The van der Waals surface area contributed by atoms with E-state index in [-0.39, 0.29) is 4.90 Å². The van der Waals surface area contributed by atoms with Crippen molar-refractivity contribution >= 4 is 10.0 Å². The van der Waals surface area contributed by atoms with E-state index in [1.165, 1.54) is 0 Å². The van der Waals surface area contributed by atoms with Gasteiger partial charge in [-0.3, -0.25) is 0 Å². The SMILES string of the molecule is CCC(C)c1ccc(S(=O)(=O)NC(C)c2ccc(OC)c(OC)c2)cc1. The normalized spacial score (nSPS) is 13.9. The summed E-state index contributed by atoms with van der Waals surface area (Å²) in [4.78, 5) is 0.261. The fourth-order valence-electron chi connectivity index (χ4n) is 2.70. The quantitative estimate of drug-likeness (QED) is 0.747. The van der Waals surface area contributed by atoms with Gasteiger partial charge in [-0.05, 0) is 54.7 Å². The van der Waals surface area contributed by atoms with Gasteiger partial charge in [0.05, 0.1) is 19.1 Å². The Balaban J connectivity index is 2.20. The van der Waals surface area contributed by atoms with E-state index in [2.05, 4.69) is 18.6 Å². The number of hydrogen-bond acceptors (Lipinski definition) is 4. The molecule has 0 aliphatic carbocycles. The van der Waals surface area contributed by atoms with Crippen molar-refractivity contribution in [3.8, 4) is 11.5 Å². The van der Waals surface area contributed by atoms with Crippen molar-refractivity contribution in [1.82, 2.24) is 4.72 Å². The van der Waals surface area contributed by atoms with Gasteiger partial charge in [0, 0.05) is 6.04 Å². The maximum absolute atomic E-state index is 12.7. The Hall–Kier alpha value is -2.05. The summed E-state index contributed by atoms with van der Waals surface area (Å²) in [5, 5.41) is 0. The van der Waals surface area contributed by atoms with Crippen LogP contribution in [0.15, 0.2) is 47.4 Å². The highest BCUT2D eigenvalue weighted by atomic mass is 32.2. The summed E-state index contributed by atoms with van der Waals surface area (Å²) in [5.41, 5.74) is 1.93. The summed E-state index contributed by atoms with van der Waals surface area (Å²) in [7, 11) is -0.501. The van der Waals surface area contributed by atoms with E-state index in [4.69, 9.17) is 9.47 Å². The van der Waals surface area contributed by atoms with Crippen molar-refractivity contribution in [3.05, 3.63) is 53.6 Å². The van der Waals surface area contributed by atoms with Crippen molar-refractivity contribution in [2.75, 3.05) is 14.2 Å². The Morgan fingerprint density at radius 1 is 0.923 bits per heavy atom. The molecule has 2 aromatic rings. The molecule has 0 aliphatic heterocycles. The molecule has 0 bridgehead atoms. The van der Waals surface area contributed by atoms with Crippen LogP contribution < -0.4 is 14.2 Å². The number of sulfonamides is 1. The predicted octanol–water partition coefficient (Wildman–Crippen LogP) is 4.26. The van der Waals surface area contributed by atoms with Crippen LogP contribution in [0, 0.1) is 0 Å². The van der Waals surface area contributed by atoms with Gasteiger partial charge in [-0.15, -0.1) is 0 Å². The first-order valence-corrected chi connectivity index (χ1v) is 10.1. The third kappa shape index (κ3) is 4.56. The van der Waals surface area contributed by atoms with Crippen LogP contribution in [0.1, 0.15) is 50.3 Å². The van der Waals surface area contributed by atoms with E-state index in [1.807, 2.05) is 18.2 Å². The van der Waals surface area contributed by atoms with Gasteiger partial charge in [0.25, 0.3) is 0 Å². The lowest BCUT2D eigenvalue weighted by molar-refractivity contribution is 0.354. The van der Waals surface area contributed by atoms with Crippen molar-refractivity contribution in [3.63, 3.8) is 0 Å². The fourth-order valence-corrected chi connectivity index (χ4v) is 3.93. The molecule has 2 unspecified atom stereocenters. The van der Waals surface area contributed by atoms with Gasteiger partial charge in [-0.25, -0.2) is 13.1 Å². The molecule has 2 aromatic carbocycles. The van der Waals surface area contributed by atoms with E-state index in [0.29, 0.717) is 17.4 Å². The average Bonchev–Trinajstić information content (AvgIpc) is 2.66. The Labute approximate surface area is 156 Å². The molecule has 0 spiro atoms. The molecule has 1 N–H and O–H groups in total. The third-order valence-corrected chi connectivity index (χ3v) is 6.17. The van der Waals surface area contributed by atoms with E-state index >= 15 is 0 Å². The second-order valence-corrected chi connectivity index (χ2v) is 8.05. The number of benzene rings is 2. The lowest BCUT2D eigenvalue weighted by atomic mass is 9.99. The van der Waals surface area contributed by atoms with Crippen molar-refractivity contribution in [2.45, 2.75) is 44.0 Å². The van der Waals surface area contributed by atoms with Gasteiger partial charge in [-0.2, -0.15) is 0 Å². The summed E-state index contributed by atoms with van der Waals surface area (Å²) in [6.45, 7) is 6.04. The standard InChI is InChI=1S/C20H27NO4S/c1-6-14(2)16-7-10-18(11-8-16)26(22,23)21-15(3)17-9-12-19(24-4)20(13-17)25-5/h7-15,21H,6H2,1-5H3. The number of hydrogen-bond donors (Lipinski definition) is 1. The monoisotopic (exact) mass is 377 g/mol. The number of rotatable bonds is 8. The Bertz CT molecular complexity index is 831. The molecule has 0 aliphatic rings. The van der Waals surface area contributed by atoms with Gasteiger partial charge in [0.1, 0.15) is 0 Å². The predicted molar refractivity (Wildman–Crippen MR) is 103 cm³/mol. The van der Waals surface area contributed by atoms with Crippen LogP contribution in [0.25, 0.3) is 0 Å². The van der Waals surface area contributed by atoms with Crippen LogP contribution in [0.4, 0.5) is 0 Å². The van der Waals surface area contributed by atoms with E-state index < -0.39 is 16.1 Å². The van der Waals surface area contributed by atoms with Crippen LogP contribution in [0.5, 0.6) is 11.5 Å². The Kier molecular flexibility index (Phi) is 6.67. The van der Waals surface area contributed by atoms with Gasteiger partial charge < -0.3 is 9.47 Å².